The second-order valence-electron chi connectivity index (χ2n) is 6.86. The summed E-state index contributed by atoms with van der Waals surface area (Å²) in [5.41, 5.74) is 1.43. The van der Waals surface area contributed by atoms with E-state index in [1.165, 1.54) is 11.8 Å². The van der Waals surface area contributed by atoms with E-state index >= 15 is 0 Å². The average Bonchev–Trinajstić information content (AvgIpc) is 2.87. The fourth-order valence-corrected chi connectivity index (χ4v) is 3.43. The number of fused-ring (bicyclic) bond motifs is 1. The topological polar surface area (TPSA) is 50.3 Å². The summed E-state index contributed by atoms with van der Waals surface area (Å²) in [4.78, 5) is 30.7. The summed E-state index contributed by atoms with van der Waals surface area (Å²) in [7, 11) is 0. The molecule has 1 aromatic carbocycles. The first-order chi connectivity index (χ1) is 11.4. The Bertz CT molecular complexity index is 831. The number of aromatic nitrogens is 1. The van der Waals surface area contributed by atoms with Crippen LogP contribution in [0.5, 0.6) is 0 Å². The minimum Gasteiger partial charge on any atom is -0.301 e. The number of pyridine rings is 1. The largest absolute Gasteiger partial charge is 0.301 e. The van der Waals surface area contributed by atoms with Gasteiger partial charge < -0.3 is 4.90 Å². The second kappa shape index (κ2) is 6.40. The number of carbonyl (C=O) groups is 2. The molecule has 0 unspecified atom stereocenters. The predicted molar refractivity (Wildman–Crippen MR) is 97.3 cm³/mol. The number of benzene rings is 1. The van der Waals surface area contributed by atoms with Crippen molar-refractivity contribution in [3.05, 3.63) is 53.2 Å². The Balaban J connectivity index is 1.93. The molecule has 5 heteroatoms. The first-order valence-corrected chi connectivity index (χ1v) is 8.87. The highest BCUT2D eigenvalue weighted by Crippen LogP contribution is 2.32. The van der Waals surface area contributed by atoms with Gasteiger partial charge in [-0.3, -0.25) is 14.6 Å². The Morgan fingerprint density at radius 2 is 2.04 bits per heavy atom. The number of hydrogen-bond donors (Lipinski definition) is 0. The summed E-state index contributed by atoms with van der Waals surface area (Å²) in [6.07, 6.45) is 3.36. The lowest BCUT2D eigenvalue weighted by atomic mass is 9.91. The molecular weight excluding hydrogens is 320 g/mol. The van der Waals surface area contributed by atoms with Crippen LogP contribution >= 0.6 is 11.8 Å². The molecule has 0 saturated carbocycles. The minimum atomic E-state index is -0.453. The highest BCUT2D eigenvalue weighted by molar-refractivity contribution is 8.04. The SMILES string of the molecule is CC(C)(C)C(=O)/C=C1/SCC(=O)N1Cc1cccc2cccnc12. The van der Waals surface area contributed by atoms with Crippen LogP contribution < -0.4 is 0 Å². The zero-order valence-corrected chi connectivity index (χ0v) is 14.9. The van der Waals surface area contributed by atoms with E-state index in [0.717, 1.165) is 21.5 Å². The zero-order chi connectivity index (χ0) is 17.3. The van der Waals surface area contributed by atoms with E-state index in [-0.39, 0.29) is 11.7 Å². The summed E-state index contributed by atoms with van der Waals surface area (Å²) >= 11 is 1.42. The van der Waals surface area contributed by atoms with Gasteiger partial charge in [-0.05, 0) is 11.6 Å². The average molecular weight is 340 g/mol. The fourth-order valence-electron chi connectivity index (χ4n) is 2.49. The summed E-state index contributed by atoms with van der Waals surface area (Å²) in [6.45, 7) is 6.08. The maximum absolute atomic E-state index is 12.3. The van der Waals surface area contributed by atoms with Crippen molar-refractivity contribution in [3.63, 3.8) is 0 Å². The molecule has 2 aromatic rings. The molecule has 1 fully saturated rings. The highest BCUT2D eigenvalue weighted by Gasteiger charge is 2.29. The van der Waals surface area contributed by atoms with E-state index in [9.17, 15) is 9.59 Å². The number of nitrogens with zero attached hydrogens (tertiary/aromatic N) is 2. The van der Waals surface area contributed by atoms with Gasteiger partial charge in [0.1, 0.15) is 0 Å². The molecule has 1 amide bonds. The molecule has 0 radical (unpaired) electrons. The number of rotatable bonds is 3. The van der Waals surface area contributed by atoms with Crippen molar-refractivity contribution in [2.45, 2.75) is 27.3 Å². The second-order valence-corrected chi connectivity index (χ2v) is 7.85. The molecule has 1 saturated heterocycles. The van der Waals surface area contributed by atoms with E-state index in [1.807, 2.05) is 51.1 Å². The van der Waals surface area contributed by atoms with Crippen molar-refractivity contribution >= 4 is 34.4 Å². The number of thioether (sulfide) groups is 1. The van der Waals surface area contributed by atoms with Crippen LogP contribution in [0.15, 0.2) is 47.6 Å². The number of para-hydroxylation sites is 1. The van der Waals surface area contributed by atoms with Crippen molar-refractivity contribution in [1.29, 1.82) is 0 Å². The van der Waals surface area contributed by atoms with Crippen LogP contribution in [0.1, 0.15) is 26.3 Å². The maximum Gasteiger partial charge on any atom is 0.238 e. The van der Waals surface area contributed by atoms with Crippen molar-refractivity contribution in [2.75, 3.05) is 5.75 Å². The van der Waals surface area contributed by atoms with Crippen LogP contribution in [-0.2, 0) is 16.1 Å². The molecule has 0 aliphatic carbocycles. The standard InChI is InChI=1S/C19H20N2O2S/c1-19(2,3)15(22)10-17-21(16(23)12-24-17)11-14-7-4-6-13-8-5-9-20-18(13)14/h4-10H,11-12H2,1-3H3/b17-10+. The number of amides is 1. The molecule has 4 nitrogen and oxygen atoms in total. The third-order valence-corrected chi connectivity index (χ3v) is 4.97. The molecule has 1 aliphatic heterocycles. The Morgan fingerprint density at radius 1 is 1.29 bits per heavy atom. The van der Waals surface area contributed by atoms with Gasteiger partial charge in [0.05, 0.1) is 22.8 Å². The molecule has 24 heavy (non-hydrogen) atoms. The fraction of sp³-hybridized carbons (Fsp3) is 0.316. The van der Waals surface area contributed by atoms with Crippen LogP contribution in [0.3, 0.4) is 0 Å². The van der Waals surface area contributed by atoms with Crippen LogP contribution in [0, 0.1) is 5.41 Å². The lowest BCUT2D eigenvalue weighted by Gasteiger charge is -2.20. The van der Waals surface area contributed by atoms with Gasteiger partial charge in [0, 0.05) is 23.1 Å². The van der Waals surface area contributed by atoms with E-state index in [1.54, 1.807) is 17.2 Å². The molecule has 2 heterocycles. The first-order valence-electron chi connectivity index (χ1n) is 7.88. The van der Waals surface area contributed by atoms with E-state index in [0.29, 0.717) is 12.3 Å². The smallest absolute Gasteiger partial charge is 0.238 e. The Hall–Kier alpha value is -2.14. The molecule has 0 spiro atoms. The van der Waals surface area contributed by atoms with E-state index in [2.05, 4.69) is 4.98 Å². The Labute approximate surface area is 145 Å². The minimum absolute atomic E-state index is 0.0285. The quantitative estimate of drug-likeness (QED) is 0.798. The lowest BCUT2D eigenvalue weighted by molar-refractivity contribution is -0.125. The number of ketones is 1. The van der Waals surface area contributed by atoms with Crippen LogP contribution in [0.4, 0.5) is 0 Å². The normalized spacial score (nSPS) is 17.0. The number of hydrogen-bond acceptors (Lipinski definition) is 4. The molecule has 0 N–H and O–H groups in total. The van der Waals surface area contributed by atoms with Gasteiger partial charge in [-0.25, -0.2) is 0 Å². The van der Waals surface area contributed by atoms with Crippen molar-refractivity contribution < 1.29 is 9.59 Å². The van der Waals surface area contributed by atoms with Gasteiger partial charge >= 0.3 is 0 Å². The maximum atomic E-state index is 12.3. The monoisotopic (exact) mass is 340 g/mol. The zero-order valence-electron chi connectivity index (χ0n) is 14.1. The summed E-state index contributed by atoms with van der Waals surface area (Å²) in [6, 6.07) is 9.86. The van der Waals surface area contributed by atoms with Gasteiger partial charge in [0.2, 0.25) is 5.91 Å². The van der Waals surface area contributed by atoms with Crippen LogP contribution in [0.25, 0.3) is 10.9 Å². The summed E-state index contributed by atoms with van der Waals surface area (Å²) in [5.74, 6) is 0.434. The van der Waals surface area contributed by atoms with Crippen LogP contribution in [-0.4, -0.2) is 27.3 Å². The predicted octanol–water partition coefficient (Wildman–Crippen LogP) is 3.77. The number of carbonyl (C=O) groups excluding carboxylic acids is 2. The number of allylic oxidation sites excluding steroid dienone is 1. The molecule has 124 valence electrons. The molecule has 1 aliphatic rings. The van der Waals surface area contributed by atoms with Gasteiger partial charge in [-0.15, -0.1) is 0 Å². The first kappa shape index (κ1) is 16.7. The molecule has 0 bridgehead atoms. The third-order valence-electron chi connectivity index (χ3n) is 3.95. The summed E-state index contributed by atoms with van der Waals surface area (Å²) in [5, 5.41) is 1.78. The van der Waals surface area contributed by atoms with E-state index < -0.39 is 5.41 Å². The van der Waals surface area contributed by atoms with Gasteiger partial charge in [0.15, 0.2) is 5.78 Å². The molecule has 0 atom stereocenters. The molecule has 1 aromatic heterocycles. The van der Waals surface area contributed by atoms with Crippen molar-refractivity contribution in [1.82, 2.24) is 9.88 Å². The van der Waals surface area contributed by atoms with Gasteiger partial charge in [-0.2, -0.15) is 0 Å². The Morgan fingerprint density at radius 3 is 2.79 bits per heavy atom. The van der Waals surface area contributed by atoms with E-state index in [4.69, 9.17) is 0 Å². The molecular formula is C19H20N2O2S. The lowest BCUT2D eigenvalue weighted by Crippen LogP contribution is -2.26. The molecule has 3 rings (SSSR count). The van der Waals surface area contributed by atoms with Gasteiger partial charge in [0.25, 0.3) is 0 Å². The summed E-state index contributed by atoms with van der Waals surface area (Å²) < 4.78 is 0. The Kier molecular flexibility index (Phi) is 4.45. The van der Waals surface area contributed by atoms with Crippen LogP contribution in [0.2, 0.25) is 0 Å². The third kappa shape index (κ3) is 3.36. The highest BCUT2D eigenvalue weighted by atomic mass is 32.2. The van der Waals surface area contributed by atoms with Gasteiger partial charge in [-0.1, -0.05) is 56.8 Å². The van der Waals surface area contributed by atoms with Crippen molar-refractivity contribution in [3.8, 4) is 0 Å². The van der Waals surface area contributed by atoms with Crippen molar-refractivity contribution in [2.24, 2.45) is 5.41 Å².